The molecule has 0 aromatic heterocycles. The number of hydrogen-bond acceptors (Lipinski definition) is 3. The largest absolute Gasteiger partial charge is 0.307 e. The van der Waals surface area contributed by atoms with Crippen LogP contribution in [0.1, 0.15) is 39.0 Å². The first-order valence-corrected chi connectivity index (χ1v) is 11.1. The molecule has 0 bridgehead atoms. The van der Waals surface area contributed by atoms with E-state index in [2.05, 4.69) is 17.1 Å². The Morgan fingerprint density at radius 2 is 2.19 bits per heavy atom. The van der Waals surface area contributed by atoms with E-state index in [0.717, 1.165) is 25.9 Å². The maximum absolute atomic E-state index is 14.3. The zero-order valence-electron chi connectivity index (χ0n) is 15.6. The fraction of sp³-hybridized carbons (Fsp3) is 0.700. The van der Waals surface area contributed by atoms with E-state index < -0.39 is 17.3 Å². The average molecular weight is 399 g/mol. The molecular weight excluding hydrogens is 370 g/mol. The van der Waals surface area contributed by atoms with Gasteiger partial charge in [-0.15, -0.1) is 0 Å². The molecule has 0 saturated carbocycles. The molecule has 0 amide bonds. The molecule has 0 radical (unpaired) electrons. The monoisotopic (exact) mass is 398 g/mol. The summed E-state index contributed by atoms with van der Waals surface area (Å²) in [7, 11) is 0. The topological polar surface area (TPSA) is 52.6 Å². The molecule has 2 N–H and O–H groups in total. The number of alkyl halides is 1. The van der Waals surface area contributed by atoms with Gasteiger partial charge in [-0.2, -0.15) is 0 Å². The van der Waals surface area contributed by atoms with Gasteiger partial charge in [-0.05, 0) is 50.0 Å². The lowest BCUT2D eigenvalue weighted by molar-refractivity contribution is 0.118. The molecule has 0 spiro atoms. The van der Waals surface area contributed by atoms with Crippen molar-refractivity contribution in [2.24, 2.45) is 11.8 Å². The summed E-state index contributed by atoms with van der Waals surface area (Å²) in [6.45, 7) is 3.88. The van der Waals surface area contributed by atoms with Gasteiger partial charge >= 0.3 is 0 Å². The van der Waals surface area contributed by atoms with Crippen molar-refractivity contribution in [2.75, 3.05) is 13.1 Å². The quantitative estimate of drug-likeness (QED) is 0.715. The zero-order valence-corrected chi connectivity index (χ0v) is 16.4. The molecule has 2 aliphatic carbocycles. The highest BCUT2D eigenvalue weighted by atomic mass is 32.2. The van der Waals surface area contributed by atoms with Crippen LogP contribution in [-0.4, -0.2) is 51.0 Å². The first kappa shape index (κ1) is 19.4. The molecule has 4 rings (SSSR count). The highest BCUT2D eigenvalue weighted by molar-refractivity contribution is 7.83. The van der Waals surface area contributed by atoms with Crippen molar-refractivity contribution < 1.29 is 17.5 Å². The smallest absolute Gasteiger partial charge is 0.186 e. The van der Waals surface area contributed by atoms with Crippen molar-refractivity contribution in [2.45, 2.75) is 63.3 Å². The molecule has 150 valence electrons. The van der Waals surface area contributed by atoms with Crippen molar-refractivity contribution in [3.05, 3.63) is 34.5 Å². The minimum atomic E-state index is -1.94. The van der Waals surface area contributed by atoms with Crippen molar-refractivity contribution in [3.8, 4) is 0 Å². The predicted octanol–water partition coefficient (Wildman–Crippen LogP) is 3.46. The molecule has 4 aliphatic rings. The molecule has 2 aliphatic heterocycles. The van der Waals surface area contributed by atoms with Gasteiger partial charge in [0.25, 0.3) is 0 Å². The van der Waals surface area contributed by atoms with Crippen LogP contribution in [0.3, 0.4) is 0 Å². The third-order valence-corrected chi connectivity index (χ3v) is 7.32. The lowest BCUT2D eigenvalue weighted by atomic mass is 9.85. The van der Waals surface area contributed by atoms with Crippen LogP contribution >= 0.6 is 0 Å². The highest BCUT2D eigenvalue weighted by Gasteiger charge is 2.43. The fourth-order valence-electron chi connectivity index (χ4n) is 5.30. The summed E-state index contributed by atoms with van der Waals surface area (Å²) in [5, 5.41) is 3.51. The van der Waals surface area contributed by atoms with Crippen LogP contribution in [0.15, 0.2) is 34.5 Å². The second-order valence-electron chi connectivity index (χ2n) is 8.35. The molecule has 2 saturated heterocycles. The Bertz CT molecular complexity index is 708. The van der Waals surface area contributed by atoms with E-state index in [1.54, 1.807) is 6.08 Å². The van der Waals surface area contributed by atoms with Crippen LogP contribution in [0.25, 0.3) is 0 Å². The molecule has 4 nitrogen and oxygen atoms in total. The summed E-state index contributed by atoms with van der Waals surface area (Å²) in [5.41, 5.74) is 0.381. The van der Waals surface area contributed by atoms with Crippen LogP contribution in [-0.2, 0) is 11.1 Å². The Hall–Kier alpha value is -0.890. The third kappa shape index (κ3) is 3.84. The normalized spacial score (nSPS) is 41.4. The van der Waals surface area contributed by atoms with E-state index in [9.17, 15) is 17.5 Å². The van der Waals surface area contributed by atoms with Gasteiger partial charge in [0, 0.05) is 36.8 Å². The molecule has 7 unspecified atom stereocenters. The molecule has 0 aromatic rings. The van der Waals surface area contributed by atoms with Crippen molar-refractivity contribution in [1.29, 1.82) is 0 Å². The van der Waals surface area contributed by atoms with Gasteiger partial charge in [0.2, 0.25) is 0 Å². The molecular formula is C20H28F2N2O2S. The van der Waals surface area contributed by atoms with Gasteiger partial charge in [0.15, 0.2) is 11.1 Å². The van der Waals surface area contributed by atoms with E-state index in [1.807, 2.05) is 12.2 Å². The standard InChI is InChI=1S/C20H28F2N2O2S/c1-12-9-14(27(25)26)5-6-19(12)24-8-7-17-13(11-24)10-18(23-17)20-15(21)3-2-4-16(20)22/h5-6,9,12-13,15,17-19,23H,2-4,7-8,10-11H2,1H3,(H,25,26). The number of likely N-dealkylation sites (tertiary alicyclic amines) is 1. The first-order valence-electron chi connectivity index (χ1n) is 9.97. The fourth-order valence-corrected chi connectivity index (χ4v) is 5.83. The minimum absolute atomic E-state index is 0.163. The van der Waals surface area contributed by atoms with Crippen LogP contribution in [0.5, 0.6) is 0 Å². The molecule has 7 heteroatoms. The van der Waals surface area contributed by atoms with E-state index in [4.69, 9.17) is 0 Å². The molecule has 2 heterocycles. The van der Waals surface area contributed by atoms with Gasteiger partial charge < -0.3 is 9.87 Å². The highest BCUT2D eigenvalue weighted by Crippen LogP contribution is 2.39. The lowest BCUT2D eigenvalue weighted by Gasteiger charge is -2.41. The lowest BCUT2D eigenvalue weighted by Crippen LogP contribution is -2.50. The van der Waals surface area contributed by atoms with Gasteiger partial charge in [-0.1, -0.05) is 19.1 Å². The van der Waals surface area contributed by atoms with E-state index in [1.165, 1.54) is 0 Å². The summed E-state index contributed by atoms with van der Waals surface area (Å²) in [6, 6.07) is 0.356. The van der Waals surface area contributed by atoms with Crippen LogP contribution in [0.2, 0.25) is 0 Å². The molecule has 0 aromatic carbocycles. The SMILES string of the molecule is CC1C=C(S(=O)O)C=CC1N1CCC2NC(C3=C(F)CCCC3F)CC2C1. The number of nitrogens with one attached hydrogen (secondary N) is 1. The molecule has 27 heavy (non-hydrogen) atoms. The van der Waals surface area contributed by atoms with Crippen molar-refractivity contribution >= 4 is 11.1 Å². The number of nitrogens with zero attached hydrogens (tertiary/aromatic N) is 1. The molecule has 7 atom stereocenters. The number of allylic oxidation sites excluding steroid dienone is 2. The Labute approximate surface area is 162 Å². The van der Waals surface area contributed by atoms with Crippen molar-refractivity contribution in [1.82, 2.24) is 10.2 Å². The zero-order chi connectivity index (χ0) is 19.1. The summed E-state index contributed by atoms with van der Waals surface area (Å²) < 4.78 is 49.2. The van der Waals surface area contributed by atoms with E-state index in [-0.39, 0.29) is 23.8 Å². The number of fused-ring (bicyclic) bond motifs is 1. The Kier molecular flexibility index (Phi) is 5.65. The van der Waals surface area contributed by atoms with Crippen LogP contribution < -0.4 is 5.32 Å². The first-order chi connectivity index (χ1) is 12.9. The van der Waals surface area contributed by atoms with Crippen molar-refractivity contribution in [3.63, 3.8) is 0 Å². The van der Waals surface area contributed by atoms with Gasteiger partial charge in [0.1, 0.15) is 12.0 Å². The number of hydrogen-bond donors (Lipinski definition) is 2. The Balaban J connectivity index is 1.43. The number of piperidine rings is 1. The number of rotatable bonds is 3. The van der Waals surface area contributed by atoms with Crippen LogP contribution in [0, 0.1) is 11.8 Å². The minimum Gasteiger partial charge on any atom is -0.307 e. The summed E-state index contributed by atoms with van der Waals surface area (Å²) in [6.07, 6.45) is 7.67. The number of halogens is 2. The van der Waals surface area contributed by atoms with Gasteiger partial charge in [-0.25, -0.2) is 13.0 Å². The van der Waals surface area contributed by atoms with Gasteiger partial charge in [0.05, 0.1) is 4.91 Å². The summed E-state index contributed by atoms with van der Waals surface area (Å²) >= 11 is -1.94. The van der Waals surface area contributed by atoms with Crippen LogP contribution in [0.4, 0.5) is 8.78 Å². The Morgan fingerprint density at radius 3 is 2.89 bits per heavy atom. The Morgan fingerprint density at radius 1 is 1.37 bits per heavy atom. The maximum Gasteiger partial charge on any atom is 0.186 e. The van der Waals surface area contributed by atoms with E-state index in [0.29, 0.717) is 41.7 Å². The predicted molar refractivity (Wildman–Crippen MR) is 103 cm³/mol. The second-order valence-corrected chi connectivity index (χ2v) is 9.32. The van der Waals surface area contributed by atoms with E-state index >= 15 is 0 Å². The maximum atomic E-state index is 14.3. The molecule has 2 fully saturated rings. The second kappa shape index (κ2) is 7.85. The third-order valence-electron chi connectivity index (χ3n) is 6.65. The summed E-state index contributed by atoms with van der Waals surface area (Å²) in [4.78, 5) is 2.88. The average Bonchev–Trinajstić information content (AvgIpc) is 3.04. The van der Waals surface area contributed by atoms with Gasteiger partial charge in [-0.3, -0.25) is 4.90 Å². The summed E-state index contributed by atoms with van der Waals surface area (Å²) in [5.74, 6) is 0.313.